The van der Waals surface area contributed by atoms with E-state index in [2.05, 4.69) is 61.1 Å². The number of aliphatic hydroxyl groups is 1. The number of carbonyl (C=O) groups excluding carboxylic acids is 5. The van der Waals surface area contributed by atoms with Crippen molar-refractivity contribution in [1.29, 1.82) is 0 Å². The van der Waals surface area contributed by atoms with Crippen LogP contribution in [0.3, 0.4) is 0 Å². The van der Waals surface area contributed by atoms with Gasteiger partial charge in [0.1, 0.15) is 44.7 Å². The van der Waals surface area contributed by atoms with Crippen LogP contribution in [0.5, 0.6) is 0 Å². The van der Waals surface area contributed by atoms with Crippen LogP contribution in [0.4, 0.5) is 46.5 Å². The Kier molecular flexibility index (Phi) is 24.3. The molecule has 12 aromatic rings. The van der Waals surface area contributed by atoms with Crippen LogP contribution in [-0.2, 0) is 107 Å². The summed E-state index contributed by atoms with van der Waals surface area (Å²) in [5.41, 5.74) is 3.20. The number of fused-ring (bicyclic) bond motifs is 16. The van der Waals surface area contributed by atoms with E-state index < -0.39 is 98.7 Å². The Hall–Kier alpha value is -12.7. The summed E-state index contributed by atoms with van der Waals surface area (Å²) in [6.07, 6.45) is 18.8. The number of methoxy groups -OCH3 is 1. The zero-order valence-corrected chi connectivity index (χ0v) is 74.6. The minimum Gasteiger partial charge on any atom is -0.433 e. The number of amides is 4. The number of benzene rings is 4. The van der Waals surface area contributed by atoms with E-state index in [1.54, 1.807) is 77.9 Å². The first-order valence-corrected chi connectivity index (χ1v) is 48.5. The van der Waals surface area contributed by atoms with Gasteiger partial charge in [0.25, 0.3) is 23.6 Å². The van der Waals surface area contributed by atoms with Gasteiger partial charge < -0.3 is 54.1 Å². The second kappa shape index (κ2) is 35.1. The number of hydrogen-bond acceptors (Lipinski definition) is 32. The minimum absolute atomic E-state index is 0.000446. The molecule has 4 amide bonds. The van der Waals surface area contributed by atoms with Gasteiger partial charge in [0.05, 0.1) is 50.3 Å². The molecule has 8 aliphatic rings. The number of hydrogen-bond donors (Lipinski definition) is 12. The Labute approximate surface area is 754 Å². The molecule has 20 rings (SSSR count). The lowest BCUT2D eigenvalue weighted by Crippen LogP contribution is -2.57. The number of primary sulfonamides is 4. The van der Waals surface area contributed by atoms with Crippen molar-refractivity contribution >= 4 is 160 Å². The topological polar surface area (TPSA) is 619 Å². The molecule has 4 fully saturated rings. The van der Waals surface area contributed by atoms with Gasteiger partial charge in [-0.3, -0.25) is 44.4 Å². The SMILES string of the molecule is CC(=O)OC1c2cc3cnc(Nc4ccc(S(N)(=O)=O)cc4)nc3n2C2(CCCCC2)C(=O)N1O.COC1c2cc3cnc(Nc4ccc(S(N)(=O)=O)cc4)nc3n2C2(CCCCC2)C(=O)N1O.CON1C(=O)C2(CCCCC2)n2c(cc3cnc(Nc4ccc(S(N)(=O)=O)cc4)nc32)C1O.NS(=O)(=O)c1ccc(Nc2ncc3cc4n(c3n2)C2(CCCCC2)C(=O)N(O)C4)cc1. The Morgan fingerprint density at radius 1 is 0.394 bits per heavy atom. The molecule has 132 heavy (non-hydrogen) atoms. The smallest absolute Gasteiger partial charge is 0.304 e. The molecule has 4 spiro atoms. The molecule has 3 unspecified atom stereocenters. The van der Waals surface area contributed by atoms with E-state index in [1.165, 1.54) is 81.8 Å². The summed E-state index contributed by atoms with van der Waals surface area (Å²) in [6.45, 7) is 1.31. The van der Waals surface area contributed by atoms with Crippen molar-refractivity contribution in [3.63, 3.8) is 0 Å². The molecule has 0 bridgehead atoms. The van der Waals surface area contributed by atoms with Gasteiger partial charge in [0, 0.05) is 88.8 Å². The van der Waals surface area contributed by atoms with Crippen molar-refractivity contribution in [3.05, 3.63) is 169 Å². The second-order valence-corrected chi connectivity index (χ2v) is 39.9. The van der Waals surface area contributed by atoms with Crippen LogP contribution in [0.1, 0.15) is 177 Å². The number of nitrogens with two attached hydrogens (primary N) is 4. The zero-order valence-electron chi connectivity index (χ0n) is 71.4. The second-order valence-electron chi connectivity index (χ2n) is 33.6. The van der Waals surface area contributed by atoms with Gasteiger partial charge in [-0.15, -0.1) is 0 Å². The molecule has 0 saturated heterocycles. The third-order valence-corrected chi connectivity index (χ3v) is 29.1. The molecular weight excluding hydrogens is 1790 g/mol. The van der Waals surface area contributed by atoms with Crippen LogP contribution in [0.25, 0.3) is 44.1 Å². The molecule has 48 heteroatoms. The van der Waals surface area contributed by atoms with Crippen LogP contribution in [-0.4, -0.2) is 177 Å². The van der Waals surface area contributed by atoms with E-state index in [0.717, 1.165) is 104 Å². The first-order chi connectivity index (χ1) is 62.9. The molecule has 16 N–H and O–H groups in total. The lowest BCUT2D eigenvalue weighted by atomic mass is 9.79. The van der Waals surface area contributed by atoms with Gasteiger partial charge in [-0.05, 0) is 173 Å². The molecule has 3 atom stereocenters. The third-order valence-electron chi connectivity index (χ3n) is 25.4. The van der Waals surface area contributed by atoms with Gasteiger partial charge in [-0.25, -0.2) is 79.2 Å². The molecule has 4 aliphatic carbocycles. The van der Waals surface area contributed by atoms with E-state index in [4.69, 9.17) is 34.9 Å². The molecule has 4 saturated carbocycles. The first-order valence-electron chi connectivity index (χ1n) is 42.3. The largest absolute Gasteiger partial charge is 0.433 e. The van der Waals surface area contributed by atoms with Gasteiger partial charge >= 0.3 is 5.97 Å². The molecule has 8 aromatic heterocycles. The number of hydroxylamine groups is 8. The summed E-state index contributed by atoms with van der Waals surface area (Å²) in [5, 5.41) is 81.1. The maximum absolute atomic E-state index is 13.4. The number of ether oxygens (including phenoxy) is 2. The first kappa shape index (κ1) is 91.2. The predicted octanol–water partition coefficient (Wildman–Crippen LogP) is 8.72. The van der Waals surface area contributed by atoms with Crippen molar-refractivity contribution < 1.29 is 92.7 Å². The maximum atomic E-state index is 13.4. The Bertz CT molecular complexity index is 7040. The number of carbonyl (C=O) groups is 5. The zero-order chi connectivity index (χ0) is 93.5. The number of aromatic nitrogens is 12. The van der Waals surface area contributed by atoms with Gasteiger partial charge in [0.2, 0.25) is 70.1 Å². The molecule has 0 radical (unpaired) electrons. The van der Waals surface area contributed by atoms with Crippen LogP contribution < -0.4 is 41.8 Å². The van der Waals surface area contributed by atoms with Gasteiger partial charge in [0.15, 0.2) is 12.5 Å². The Morgan fingerprint density at radius 3 is 0.985 bits per heavy atom. The summed E-state index contributed by atoms with van der Waals surface area (Å²) in [7, 11) is -12.4. The van der Waals surface area contributed by atoms with Crippen LogP contribution in [0, 0.1) is 0 Å². The summed E-state index contributed by atoms with van der Waals surface area (Å²) < 4.78 is 110. The van der Waals surface area contributed by atoms with Crippen molar-refractivity contribution in [1.82, 2.24) is 78.4 Å². The van der Waals surface area contributed by atoms with Crippen LogP contribution in [0.2, 0.25) is 0 Å². The van der Waals surface area contributed by atoms with Crippen LogP contribution >= 0.6 is 0 Å². The monoisotopic (exact) mass is 1890 g/mol. The number of rotatable bonds is 15. The lowest BCUT2D eigenvalue weighted by Gasteiger charge is -2.46. The highest BCUT2D eigenvalue weighted by Gasteiger charge is 2.57. The number of nitrogens with one attached hydrogen (secondary N) is 4. The fourth-order valence-corrected chi connectivity index (χ4v) is 21.4. The molecule has 4 aliphatic heterocycles. The number of anilines is 8. The fraction of sp³-hybridized carbons (Fsp3) is 0.369. The highest BCUT2D eigenvalue weighted by atomic mass is 32.2. The third kappa shape index (κ3) is 16.8. The van der Waals surface area contributed by atoms with E-state index in [9.17, 15) is 78.4 Å². The van der Waals surface area contributed by atoms with Crippen LogP contribution in [0.15, 0.2) is 166 Å². The van der Waals surface area contributed by atoms with Gasteiger partial charge in [-0.1, -0.05) is 77.0 Å². The summed E-state index contributed by atoms with van der Waals surface area (Å²) in [5.74, 6) is -1.06. The number of esters is 1. The van der Waals surface area contributed by atoms with E-state index in [-0.39, 0.29) is 55.8 Å². The minimum atomic E-state index is -3.82. The van der Waals surface area contributed by atoms with Crippen molar-refractivity contribution in [2.75, 3.05) is 35.5 Å². The molecular formula is C84H94N24O20S4. The molecule has 694 valence electrons. The van der Waals surface area contributed by atoms with Crippen molar-refractivity contribution in [3.8, 4) is 0 Å². The number of aliphatic hydroxyl groups excluding tert-OH is 1. The quantitative estimate of drug-likeness (QED) is 0.0337. The van der Waals surface area contributed by atoms with Gasteiger partial charge in [-0.2, -0.15) is 35.1 Å². The highest BCUT2D eigenvalue weighted by Crippen LogP contribution is 2.51. The summed E-state index contributed by atoms with van der Waals surface area (Å²) >= 11 is 0. The fourth-order valence-electron chi connectivity index (χ4n) is 19.4. The van der Waals surface area contributed by atoms with E-state index in [0.29, 0.717) is 141 Å². The lowest BCUT2D eigenvalue weighted by molar-refractivity contribution is -0.242. The summed E-state index contributed by atoms with van der Waals surface area (Å²) in [4.78, 5) is 106. The van der Waals surface area contributed by atoms with E-state index >= 15 is 0 Å². The number of nitrogens with zero attached hydrogens (tertiary/aromatic N) is 16. The number of sulfonamides is 4. The Morgan fingerprint density at radius 2 is 0.674 bits per heavy atom. The van der Waals surface area contributed by atoms with Crippen molar-refractivity contribution in [2.24, 2.45) is 20.6 Å². The normalized spacial score (nSPS) is 19.6. The maximum Gasteiger partial charge on any atom is 0.304 e. The average molecular weight is 1890 g/mol. The van der Waals surface area contributed by atoms with Crippen molar-refractivity contribution in [2.45, 2.75) is 202 Å². The average Bonchev–Trinajstić information content (AvgIpc) is 1.52. The summed E-state index contributed by atoms with van der Waals surface area (Å²) in [6, 6.07) is 30.8. The standard InChI is InChI=1S/C22H24N6O6S.2C21H24N6O5S.C20H22N6O4S/c1-13(29)34-19-17-11-14-12-24-21(25-15-5-7-16(8-6-15)35(23,32)33)26-18(14)27(17)22(20(30)28(19)31)9-3-2-4-10-22;1-32-18-16-11-13-12-23-20(24-14-5-7-15(8-6-14)33(22,30)31)25-17(13)26(16)21(19(28)27(18)29)9-3-2-4-10-21;1-32-27-18(28)16-11-13-12-23-20(24-14-5-7-15(8-6-14)33(22,30)31)25-17(13)26(16)21(19(27)29)9-3-2-4-10-21;21-31(29,30)16-6-4-14(5-7-16)23-19-22-11-13-10-15-12-25(28)18(27)20(8-2-1-3-9-20)26(15)17(13)24-19/h5-8,11-12,19,31H,2-4,9-10H2,1H3,(H2,23,32,33)(H,24,25,26);5-8,11-12,18,29H,2-4,9-10H2,1H3,(H2,22,30,31)(H,23,24,25);5-8,11-12,18,28H,2-4,9-10H2,1H3,(H2,22,30,31)(H,23,24,25);4-7,10-11,28H,1-3,8-9,12H2,(H2,21,29,30)(H,22,23,24). The predicted molar refractivity (Wildman–Crippen MR) is 471 cm³/mol. The molecule has 44 nitrogen and oxygen atoms in total. The molecule has 4 aromatic carbocycles. The Balaban J connectivity index is 0.000000123. The van der Waals surface area contributed by atoms with E-state index in [1.807, 2.05) is 25.8 Å². The highest BCUT2D eigenvalue weighted by molar-refractivity contribution is 7.90. The molecule has 12 heterocycles.